The van der Waals surface area contributed by atoms with Gasteiger partial charge in [-0.15, -0.1) is 13.2 Å². The van der Waals surface area contributed by atoms with Crippen LogP contribution in [0.2, 0.25) is 0 Å². The third-order valence-electron chi connectivity index (χ3n) is 2.49. The van der Waals surface area contributed by atoms with Crippen LogP contribution in [0.15, 0.2) is 24.3 Å². The zero-order chi connectivity index (χ0) is 13.2. The molecule has 0 radical (unpaired) electrons. The molecule has 1 heterocycles. The van der Waals surface area contributed by atoms with E-state index in [1.807, 2.05) is 0 Å². The lowest BCUT2D eigenvalue weighted by Crippen LogP contribution is -2.47. The number of ether oxygens (including phenoxy) is 1. The van der Waals surface area contributed by atoms with Gasteiger partial charge in [0.1, 0.15) is 11.8 Å². The summed E-state index contributed by atoms with van der Waals surface area (Å²) < 4.78 is 40.6. The van der Waals surface area contributed by atoms with Crippen LogP contribution in [-0.2, 0) is 4.79 Å². The first-order chi connectivity index (χ1) is 8.47. The fraction of sp³-hybridized carbons (Fsp3) is 0.364. The highest BCUT2D eigenvalue weighted by molar-refractivity contribution is 5.84. The molecule has 0 saturated carbocycles. The Kier molecular flexibility index (Phi) is 3.42. The van der Waals surface area contributed by atoms with E-state index in [1.165, 1.54) is 18.2 Å². The number of alkyl halides is 3. The van der Waals surface area contributed by atoms with Gasteiger partial charge in [-0.3, -0.25) is 4.79 Å². The quantitative estimate of drug-likeness (QED) is 0.843. The van der Waals surface area contributed by atoms with E-state index in [4.69, 9.17) is 0 Å². The molecule has 1 saturated heterocycles. The number of carbonyl (C=O) groups excluding carboxylic acids is 1. The molecule has 1 aliphatic rings. The smallest absolute Gasteiger partial charge is 0.405 e. The van der Waals surface area contributed by atoms with Crippen LogP contribution in [0.3, 0.4) is 0 Å². The Morgan fingerprint density at radius 3 is 2.61 bits per heavy atom. The van der Waals surface area contributed by atoms with Crippen LogP contribution < -0.4 is 15.4 Å². The summed E-state index contributed by atoms with van der Waals surface area (Å²) in [6.45, 7) is 0.953. The van der Waals surface area contributed by atoms with Crippen molar-refractivity contribution in [3.8, 4) is 5.75 Å². The minimum Gasteiger partial charge on any atom is -0.405 e. The van der Waals surface area contributed by atoms with Crippen molar-refractivity contribution in [1.82, 2.24) is 10.6 Å². The molecule has 0 aliphatic carbocycles. The molecule has 18 heavy (non-hydrogen) atoms. The first-order valence-corrected chi connectivity index (χ1v) is 5.33. The number of carbonyl (C=O) groups is 1. The fourth-order valence-electron chi connectivity index (χ4n) is 1.78. The molecule has 0 spiro atoms. The molecule has 1 aromatic carbocycles. The lowest BCUT2D eigenvalue weighted by Gasteiger charge is -2.25. The Morgan fingerprint density at radius 2 is 1.94 bits per heavy atom. The molecule has 7 heteroatoms. The lowest BCUT2D eigenvalue weighted by molar-refractivity contribution is -0.275. The van der Waals surface area contributed by atoms with Crippen LogP contribution in [0.1, 0.15) is 11.6 Å². The van der Waals surface area contributed by atoms with Crippen molar-refractivity contribution >= 4 is 5.91 Å². The van der Waals surface area contributed by atoms with Crippen LogP contribution in [0.4, 0.5) is 13.2 Å². The Hall–Kier alpha value is -1.76. The van der Waals surface area contributed by atoms with E-state index >= 15 is 0 Å². The highest BCUT2D eigenvalue weighted by Crippen LogP contribution is 2.30. The summed E-state index contributed by atoms with van der Waals surface area (Å²) in [6, 6.07) is 4.78. The summed E-state index contributed by atoms with van der Waals surface area (Å²) in [6.07, 6.45) is -4.78. The molecule has 2 N–H and O–H groups in total. The van der Waals surface area contributed by atoms with Gasteiger partial charge in [-0.2, -0.15) is 0 Å². The Labute approximate surface area is 101 Å². The molecule has 1 fully saturated rings. The summed E-state index contributed by atoms with van der Waals surface area (Å²) in [5, 5.41) is 5.43. The highest BCUT2D eigenvalue weighted by Gasteiger charge is 2.34. The van der Waals surface area contributed by atoms with E-state index < -0.39 is 12.4 Å². The largest absolute Gasteiger partial charge is 0.573 e. The first-order valence-electron chi connectivity index (χ1n) is 5.33. The minimum absolute atomic E-state index is 0.173. The molecule has 0 aromatic heterocycles. The van der Waals surface area contributed by atoms with Crippen LogP contribution in [0.5, 0.6) is 5.75 Å². The zero-order valence-corrected chi connectivity index (χ0v) is 9.25. The standard InChI is InChI=1S/C11H11F3N2O2/c12-11(13,14)18-8-4-2-1-3-7(8)9-10(17)16-6-5-15-9/h1-4,9,15H,5-6H2,(H,16,17)/t9-/m1/s1. The number of hydrogen-bond donors (Lipinski definition) is 2. The number of benzene rings is 1. The molecule has 2 rings (SSSR count). The first kappa shape index (κ1) is 12.7. The van der Waals surface area contributed by atoms with E-state index in [1.54, 1.807) is 6.07 Å². The minimum atomic E-state index is -4.78. The molecular formula is C11H11F3N2O2. The van der Waals surface area contributed by atoms with Crippen molar-refractivity contribution < 1.29 is 22.7 Å². The van der Waals surface area contributed by atoms with Crippen molar-refractivity contribution in [3.63, 3.8) is 0 Å². The van der Waals surface area contributed by atoms with E-state index in [-0.39, 0.29) is 17.2 Å². The van der Waals surface area contributed by atoms with E-state index in [0.29, 0.717) is 13.1 Å². The predicted molar refractivity (Wildman–Crippen MR) is 56.9 cm³/mol. The van der Waals surface area contributed by atoms with Crippen molar-refractivity contribution in [1.29, 1.82) is 0 Å². The molecule has 4 nitrogen and oxygen atoms in total. The van der Waals surface area contributed by atoms with Crippen molar-refractivity contribution in [2.45, 2.75) is 12.4 Å². The SMILES string of the molecule is O=C1NCCN[C@@H]1c1ccccc1OC(F)(F)F. The maximum atomic E-state index is 12.2. The second-order valence-corrected chi connectivity index (χ2v) is 3.76. The molecule has 0 bridgehead atoms. The molecule has 1 aliphatic heterocycles. The van der Waals surface area contributed by atoms with Gasteiger partial charge in [0, 0.05) is 18.7 Å². The number of para-hydroxylation sites is 1. The summed E-state index contributed by atoms with van der Waals surface area (Å²) in [4.78, 5) is 11.6. The van der Waals surface area contributed by atoms with Gasteiger partial charge in [0.2, 0.25) is 5.91 Å². The van der Waals surface area contributed by atoms with Crippen molar-refractivity contribution in [2.75, 3.05) is 13.1 Å². The molecule has 98 valence electrons. The van der Waals surface area contributed by atoms with Crippen LogP contribution in [-0.4, -0.2) is 25.4 Å². The van der Waals surface area contributed by atoms with Gasteiger partial charge in [0.15, 0.2) is 0 Å². The monoisotopic (exact) mass is 260 g/mol. The normalized spacial score (nSPS) is 20.4. The Balaban J connectivity index is 2.29. The molecule has 1 amide bonds. The molecule has 1 aromatic rings. The Bertz CT molecular complexity index is 448. The average molecular weight is 260 g/mol. The van der Waals surface area contributed by atoms with Crippen LogP contribution >= 0.6 is 0 Å². The molecule has 1 atom stereocenters. The van der Waals surface area contributed by atoms with Crippen LogP contribution in [0, 0.1) is 0 Å². The number of halogens is 3. The predicted octanol–water partition coefficient (Wildman–Crippen LogP) is 1.35. The summed E-state index contributed by atoms with van der Waals surface area (Å²) in [5.41, 5.74) is 0.173. The highest BCUT2D eigenvalue weighted by atomic mass is 19.4. The topological polar surface area (TPSA) is 50.4 Å². The average Bonchev–Trinajstić information content (AvgIpc) is 2.29. The van der Waals surface area contributed by atoms with Crippen LogP contribution in [0.25, 0.3) is 0 Å². The van der Waals surface area contributed by atoms with Crippen molar-refractivity contribution in [3.05, 3.63) is 29.8 Å². The number of hydrogen-bond acceptors (Lipinski definition) is 3. The number of rotatable bonds is 2. The number of amides is 1. The Morgan fingerprint density at radius 1 is 1.22 bits per heavy atom. The second-order valence-electron chi connectivity index (χ2n) is 3.76. The zero-order valence-electron chi connectivity index (χ0n) is 9.25. The lowest BCUT2D eigenvalue weighted by atomic mass is 10.0. The van der Waals surface area contributed by atoms with Gasteiger partial charge in [0.25, 0.3) is 0 Å². The summed E-state index contributed by atoms with van der Waals surface area (Å²) >= 11 is 0. The third kappa shape index (κ3) is 2.92. The van der Waals surface area contributed by atoms with Gasteiger partial charge in [-0.05, 0) is 6.07 Å². The van der Waals surface area contributed by atoms with Gasteiger partial charge in [-0.1, -0.05) is 18.2 Å². The van der Waals surface area contributed by atoms with Gasteiger partial charge < -0.3 is 15.4 Å². The maximum Gasteiger partial charge on any atom is 0.573 e. The summed E-state index contributed by atoms with van der Waals surface area (Å²) in [7, 11) is 0. The van der Waals surface area contributed by atoms with Gasteiger partial charge in [-0.25, -0.2) is 0 Å². The van der Waals surface area contributed by atoms with Gasteiger partial charge >= 0.3 is 6.36 Å². The van der Waals surface area contributed by atoms with Crippen molar-refractivity contribution in [2.24, 2.45) is 0 Å². The van der Waals surface area contributed by atoms with E-state index in [2.05, 4.69) is 15.4 Å². The van der Waals surface area contributed by atoms with Gasteiger partial charge in [0.05, 0.1) is 0 Å². The number of nitrogens with one attached hydrogen (secondary N) is 2. The number of piperazine rings is 1. The van der Waals surface area contributed by atoms with E-state index in [9.17, 15) is 18.0 Å². The fourth-order valence-corrected chi connectivity index (χ4v) is 1.78. The van der Waals surface area contributed by atoms with E-state index in [0.717, 1.165) is 0 Å². The second kappa shape index (κ2) is 4.85. The third-order valence-corrected chi connectivity index (χ3v) is 2.49. The molecular weight excluding hydrogens is 249 g/mol. The summed E-state index contributed by atoms with van der Waals surface area (Å²) in [5.74, 6) is -0.723. The molecule has 0 unspecified atom stereocenters. The maximum absolute atomic E-state index is 12.2.